The minimum absolute atomic E-state index is 0.0161. The second kappa shape index (κ2) is 10.7. The molecule has 27 heavy (non-hydrogen) atoms. The van der Waals surface area contributed by atoms with Crippen molar-refractivity contribution in [3.63, 3.8) is 0 Å². The van der Waals surface area contributed by atoms with Crippen LogP contribution >= 0.6 is 0 Å². The summed E-state index contributed by atoms with van der Waals surface area (Å²) in [7, 11) is 0. The Labute approximate surface area is 163 Å². The van der Waals surface area contributed by atoms with Crippen LogP contribution in [-0.4, -0.2) is 19.5 Å². The van der Waals surface area contributed by atoms with Crippen molar-refractivity contribution in [3.05, 3.63) is 24.3 Å². The van der Waals surface area contributed by atoms with Gasteiger partial charge in [0.15, 0.2) is 6.29 Å². The molecule has 0 radical (unpaired) electrons. The molecule has 3 fully saturated rings. The SMILES string of the molecule is CC=CCCC1CCC(C2OCC(C3CCC(C=C(F)F)CC3)CO2)CC1. The summed E-state index contributed by atoms with van der Waals surface area (Å²) in [5.74, 6) is 2.50. The molecule has 3 rings (SSSR count). The van der Waals surface area contributed by atoms with E-state index in [0.29, 0.717) is 17.8 Å². The van der Waals surface area contributed by atoms with Gasteiger partial charge in [0.25, 0.3) is 6.08 Å². The molecular weight excluding hydrogens is 346 g/mol. The van der Waals surface area contributed by atoms with Crippen LogP contribution in [0.1, 0.15) is 71.1 Å². The summed E-state index contributed by atoms with van der Waals surface area (Å²) >= 11 is 0. The molecule has 2 saturated carbocycles. The van der Waals surface area contributed by atoms with E-state index in [4.69, 9.17) is 9.47 Å². The van der Waals surface area contributed by atoms with Crippen molar-refractivity contribution in [1.29, 1.82) is 0 Å². The van der Waals surface area contributed by atoms with Gasteiger partial charge >= 0.3 is 0 Å². The topological polar surface area (TPSA) is 18.5 Å². The van der Waals surface area contributed by atoms with Gasteiger partial charge in [0.05, 0.1) is 13.2 Å². The minimum atomic E-state index is -1.53. The lowest BCUT2D eigenvalue weighted by atomic mass is 9.75. The number of ether oxygens (including phenoxy) is 2. The highest BCUT2D eigenvalue weighted by atomic mass is 19.3. The highest BCUT2D eigenvalue weighted by Crippen LogP contribution is 2.39. The summed E-state index contributed by atoms with van der Waals surface area (Å²) < 4.78 is 37.1. The molecule has 0 bridgehead atoms. The molecule has 154 valence electrons. The van der Waals surface area contributed by atoms with Crippen LogP contribution in [0.3, 0.4) is 0 Å². The Kier molecular flexibility index (Phi) is 8.32. The van der Waals surface area contributed by atoms with Gasteiger partial charge in [0.1, 0.15) is 0 Å². The highest BCUT2D eigenvalue weighted by molar-refractivity contribution is 4.92. The Morgan fingerprint density at radius 3 is 2.07 bits per heavy atom. The maximum atomic E-state index is 12.4. The number of hydrogen-bond acceptors (Lipinski definition) is 2. The van der Waals surface area contributed by atoms with Gasteiger partial charge in [-0.1, -0.05) is 12.2 Å². The van der Waals surface area contributed by atoms with E-state index in [9.17, 15) is 8.78 Å². The van der Waals surface area contributed by atoms with Crippen LogP contribution in [0, 0.1) is 29.6 Å². The van der Waals surface area contributed by atoms with Crippen molar-refractivity contribution in [1.82, 2.24) is 0 Å². The average molecular weight is 383 g/mol. The highest BCUT2D eigenvalue weighted by Gasteiger charge is 2.35. The molecule has 0 spiro atoms. The Morgan fingerprint density at radius 2 is 1.48 bits per heavy atom. The Hall–Kier alpha value is -0.740. The molecule has 0 unspecified atom stereocenters. The molecule has 4 heteroatoms. The maximum absolute atomic E-state index is 12.4. The van der Waals surface area contributed by atoms with Crippen LogP contribution in [0.4, 0.5) is 8.78 Å². The van der Waals surface area contributed by atoms with Crippen molar-refractivity contribution >= 4 is 0 Å². The zero-order valence-corrected chi connectivity index (χ0v) is 16.8. The smallest absolute Gasteiger partial charge is 0.266 e. The lowest BCUT2D eigenvalue weighted by Gasteiger charge is -2.41. The van der Waals surface area contributed by atoms with E-state index in [1.54, 1.807) is 0 Å². The van der Waals surface area contributed by atoms with Crippen LogP contribution in [0.5, 0.6) is 0 Å². The van der Waals surface area contributed by atoms with Crippen molar-refractivity contribution in [2.24, 2.45) is 29.6 Å². The predicted molar refractivity (Wildman–Crippen MR) is 104 cm³/mol. The van der Waals surface area contributed by atoms with Crippen molar-refractivity contribution in [2.45, 2.75) is 77.4 Å². The van der Waals surface area contributed by atoms with Gasteiger partial charge in [-0.2, -0.15) is 8.78 Å². The van der Waals surface area contributed by atoms with Crippen LogP contribution in [-0.2, 0) is 9.47 Å². The van der Waals surface area contributed by atoms with Gasteiger partial charge in [0, 0.05) is 11.8 Å². The first kappa shape index (κ1) is 21.0. The average Bonchev–Trinajstić information content (AvgIpc) is 2.69. The summed E-state index contributed by atoms with van der Waals surface area (Å²) in [6, 6.07) is 0. The molecule has 2 nitrogen and oxygen atoms in total. The van der Waals surface area contributed by atoms with Gasteiger partial charge in [-0.3, -0.25) is 0 Å². The molecule has 1 aliphatic heterocycles. The first-order valence-electron chi connectivity index (χ1n) is 11.0. The molecule has 0 amide bonds. The third-order valence-electron chi connectivity index (χ3n) is 7.05. The van der Waals surface area contributed by atoms with E-state index in [1.165, 1.54) is 38.5 Å². The van der Waals surface area contributed by atoms with Gasteiger partial charge in [-0.15, -0.1) is 0 Å². The second-order valence-electron chi connectivity index (χ2n) is 8.85. The summed E-state index contributed by atoms with van der Waals surface area (Å²) in [5.41, 5.74) is 0. The van der Waals surface area contributed by atoms with E-state index < -0.39 is 6.08 Å². The molecule has 2 aliphatic carbocycles. The van der Waals surface area contributed by atoms with Crippen molar-refractivity contribution in [3.8, 4) is 0 Å². The number of hydrogen-bond donors (Lipinski definition) is 0. The van der Waals surface area contributed by atoms with E-state index in [-0.39, 0.29) is 12.2 Å². The Bertz CT molecular complexity index is 477. The first-order valence-corrected chi connectivity index (χ1v) is 11.0. The third-order valence-corrected chi connectivity index (χ3v) is 7.05. The molecule has 0 aromatic carbocycles. The zero-order valence-electron chi connectivity index (χ0n) is 16.8. The van der Waals surface area contributed by atoms with Crippen molar-refractivity contribution in [2.75, 3.05) is 13.2 Å². The van der Waals surface area contributed by atoms with Crippen molar-refractivity contribution < 1.29 is 18.3 Å². The molecular formula is C23H36F2O2. The largest absolute Gasteiger partial charge is 0.352 e. The van der Waals surface area contributed by atoms with Crippen LogP contribution in [0.15, 0.2) is 24.3 Å². The summed E-state index contributed by atoms with van der Waals surface area (Å²) in [4.78, 5) is 0. The predicted octanol–water partition coefficient (Wildman–Crippen LogP) is 6.73. The van der Waals surface area contributed by atoms with Crippen LogP contribution in [0.2, 0.25) is 0 Å². The Balaban J connectivity index is 1.34. The van der Waals surface area contributed by atoms with Gasteiger partial charge in [-0.25, -0.2) is 0 Å². The monoisotopic (exact) mass is 382 g/mol. The molecule has 1 heterocycles. The number of allylic oxidation sites excluding steroid dienone is 3. The molecule has 1 saturated heterocycles. The van der Waals surface area contributed by atoms with E-state index in [2.05, 4.69) is 19.1 Å². The standard InChI is InChI=1S/C23H36F2O2/c1-2-3-4-5-17-6-12-20(13-7-17)23-26-15-21(16-27-23)19-10-8-18(9-11-19)14-22(24)25/h2-3,14,17-21,23H,4-13,15-16H2,1H3. The molecule has 3 aliphatic rings. The molecule has 0 aromatic heterocycles. The zero-order chi connectivity index (χ0) is 19.1. The molecule has 0 N–H and O–H groups in total. The van der Waals surface area contributed by atoms with Gasteiger partial charge < -0.3 is 9.47 Å². The number of halogens is 2. The minimum Gasteiger partial charge on any atom is -0.352 e. The number of rotatable bonds is 6. The summed E-state index contributed by atoms with van der Waals surface area (Å²) in [6.45, 7) is 3.66. The summed E-state index contributed by atoms with van der Waals surface area (Å²) in [6.07, 6.45) is 15.4. The van der Waals surface area contributed by atoms with Gasteiger partial charge in [-0.05, 0) is 95.0 Å². The second-order valence-corrected chi connectivity index (χ2v) is 8.85. The van der Waals surface area contributed by atoms with E-state index in [1.807, 2.05) is 0 Å². The fraction of sp³-hybridized carbons (Fsp3) is 0.826. The summed E-state index contributed by atoms with van der Waals surface area (Å²) in [5, 5.41) is 0. The van der Waals surface area contributed by atoms with E-state index in [0.717, 1.165) is 50.9 Å². The molecule has 0 aromatic rings. The van der Waals surface area contributed by atoms with Crippen LogP contribution in [0.25, 0.3) is 0 Å². The quantitative estimate of drug-likeness (QED) is 0.474. The normalized spacial score (nSPS) is 38.0. The van der Waals surface area contributed by atoms with Gasteiger partial charge in [0.2, 0.25) is 0 Å². The molecule has 0 atom stereocenters. The fourth-order valence-corrected chi connectivity index (χ4v) is 5.29. The fourth-order valence-electron chi connectivity index (χ4n) is 5.29. The van der Waals surface area contributed by atoms with Crippen LogP contribution < -0.4 is 0 Å². The third kappa shape index (κ3) is 6.39. The van der Waals surface area contributed by atoms with E-state index >= 15 is 0 Å². The first-order chi connectivity index (χ1) is 13.2. The Morgan fingerprint density at radius 1 is 0.852 bits per heavy atom. The lowest BCUT2D eigenvalue weighted by Crippen LogP contribution is -2.41. The maximum Gasteiger partial charge on any atom is 0.266 e. The lowest BCUT2D eigenvalue weighted by molar-refractivity contribution is -0.237.